The van der Waals surface area contributed by atoms with Crippen molar-refractivity contribution in [2.24, 2.45) is 0 Å². The first-order chi connectivity index (χ1) is 8.08. The standard InChI is InChI=1S/C12H14F2N2O/c1-2-3-9(17)7-16-12-10(13)4-8(6-15)5-11(12)14/h4-5,9,16-17H,2-3,7H2,1H3. The van der Waals surface area contributed by atoms with E-state index in [-0.39, 0.29) is 17.8 Å². The minimum atomic E-state index is -0.828. The number of nitriles is 1. The maximum atomic E-state index is 13.4. The van der Waals surface area contributed by atoms with Gasteiger partial charge in [-0.2, -0.15) is 5.26 Å². The molecule has 1 unspecified atom stereocenters. The lowest BCUT2D eigenvalue weighted by molar-refractivity contribution is 0.176. The molecule has 1 aromatic rings. The Bertz CT molecular complexity index is 406. The van der Waals surface area contributed by atoms with E-state index in [9.17, 15) is 13.9 Å². The van der Waals surface area contributed by atoms with Crippen LogP contribution in [0.5, 0.6) is 0 Å². The van der Waals surface area contributed by atoms with E-state index in [4.69, 9.17) is 5.26 Å². The van der Waals surface area contributed by atoms with Crippen molar-refractivity contribution < 1.29 is 13.9 Å². The number of hydrogen-bond acceptors (Lipinski definition) is 3. The monoisotopic (exact) mass is 240 g/mol. The van der Waals surface area contributed by atoms with E-state index in [0.717, 1.165) is 18.6 Å². The summed E-state index contributed by atoms with van der Waals surface area (Å²) in [5, 5.41) is 20.5. The summed E-state index contributed by atoms with van der Waals surface area (Å²) in [6.07, 6.45) is 0.711. The van der Waals surface area contributed by atoms with Crippen molar-refractivity contribution in [1.29, 1.82) is 5.26 Å². The highest BCUT2D eigenvalue weighted by molar-refractivity contribution is 5.50. The van der Waals surface area contributed by atoms with Crippen LogP contribution in [0.3, 0.4) is 0 Å². The smallest absolute Gasteiger partial charge is 0.150 e. The minimum Gasteiger partial charge on any atom is -0.391 e. The molecule has 2 N–H and O–H groups in total. The van der Waals surface area contributed by atoms with Crippen LogP contribution in [0.2, 0.25) is 0 Å². The Morgan fingerprint density at radius 3 is 2.47 bits per heavy atom. The molecule has 0 saturated carbocycles. The molecule has 0 bridgehead atoms. The SMILES string of the molecule is CCCC(O)CNc1c(F)cc(C#N)cc1F. The molecule has 0 aliphatic rings. The van der Waals surface area contributed by atoms with Crippen molar-refractivity contribution in [3.63, 3.8) is 0 Å². The Morgan fingerprint density at radius 2 is 2.00 bits per heavy atom. The molecule has 92 valence electrons. The van der Waals surface area contributed by atoms with Crippen LogP contribution in [0.15, 0.2) is 12.1 Å². The average Bonchev–Trinajstić information content (AvgIpc) is 2.28. The van der Waals surface area contributed by atoms with E-state index in [2.05, 4.69) is 5.32 Å². The van der Waals surface area contributed by atoms with Crippen molar-refractivity contribution in [3.8, 4) is 6.07 Å². The number of halogens is 2. The highest BCUT2D eigenvalue weighted by Crippen LogP contribution is 2.20. The summed E-state index contributed by atoms with van der Waals surface area (Å²) in [6.45, 7) is 1.99. The Morgan fingerprint density at radius 1 is 1.41 bits per heavy atom. The van der Waals surface area contributed by atoms with Gasteiger partial charge < -0.3 is 10.4 Å². The highest BCUT2D eigenvalue weighted by atomic mass is 19.1. The molecule has 17 heavy (non-hydrogen) atoms. The summed E-state index contributed by atoms with van der Waals surface area (Å²) in [4.78, 5) is 0. The molecule has 0 aliphatic carbocycles. The molecule has 1 rings (SSSR count). The van der Waals surface area contributed by atoms with Crippen molar-refractivity contribution in [3.05, 3.63) is 29.3 Å². The molecule has 0 aliphatic heterocycles. The zero-order valence-corrected chi connectivity index (χ0v) is 9.50. The summed E-state index contributed by atoms with van der Waals surface area (Å²) >= 11 is 0. The van der Waals surface area contributed by atoms with Crippen molar-refractivity contribution in [1.82, 2.24) is 0 Å². The molecule has 0 aromatic heterocycles. The molecule has 0 heterocycles. The summed E-state index contributed by atoms with van der Waals surface area (Å²) in [5.41, 5.74) is -0.376. The second-order valence-corrected chi connectivity index (χ2v) is 3.75. The molecular weight excluding hydrogens is 226 g/mol. The predicted octanol–water partition coefficient (Wildman–Crippen LogP) is 2.41. The van der Waals surface area contributed by atoms with Gasteiger partial charge in [0, 0.05) is 6.54 Å². The van der Waals surface area contributed by atoms with E-state index in [1.165, 1.54) is 0 Å². The molecule has 0 radical (unpaired) electrons. The second kappa shape index (κ2) is 6.16. The van der Waals surface area contributed by atoms with Gasteiger partial charge in [-0.25, -0.2) is 8.78 Å². The third-order valence-electron chi connectivity index (χ3n) is 2.31. The first-order valence-electron chi connectivity index (χ1n) is 5.39. The molecule has 5 heteroatoms. The minimum absolute atomic E-state index is 0.0698. The normalized spacial score (nSPS) is 11.9. The van der Waals surface area contributed by atoms with Crippen LogP contribution < -0.4 is 5.32 Å². The molecule has 0 saturated heterocycles. The molecular formula is C12H14F2N2O. The number of nitrogens with one attached hydrogen (secondary N) is 1. The molecule has 0 spiro atoms. The fraction of sp³-hybridized carbons (Fsp3) is 0.417. The van der Waals surface area contributed by atoms with Gasteiger partial charge in [0.05, 0.1) is 17.7 Å². The van der Waals surface area contributed by atoms with Crippen LogP contribution in [0.1, 0.15) is 25.3 Å². The number of aliphatic hydroxyl groups is 1. The van der Waals surface area contributed by atoms with E-state index in [0.29, 0.717) is 6.42 Å². The lowest BCUT2D eigenvalue weighted by Gasteiger charge is -2.13. The zero-order valence-electron chi connectivity index (χ0n) is 9.50. The van der Waals surface area contributed by atoms with Crippen LogP contribution in [-0.2, 0) is 0 Å². The highest BCUT2D eigenvalue weighted by Gasteiger charge is 2.12. The van der Waals surface area contributed by atoms with E-state index >= 15 is 0 Å². The number of nitrogens with zero attached hydrogens (tertiary/aromatic N) is 1. The molecule has 1 atom stereocenters. The van der Waals surface area contributed by atoms with Gasteiger partial charge in [-0.1, -0.05) is 13.3 Å². The van der Waals surface area contributed by atoms with Gasteiger partial charge in [-0.3, -0.25) is 0 Å². The van der Waals surface area contributed by atoms with Crippen LogP contribution >= 0.6 is 0 Å². The van der Waals surface area contributed by atoms with E-state index < -0.39 is 17.7 Å². The van der Waals surface area contributed by atoms with Crippen molar-refractivity contribution >= 4 is 5.69 Å². The second-order valence-electron chi connectivity index (χ2n) is 3.75. The Balaban J connectivity index is 2.75. The fourth-order valence-corrected chi connectivity index (χ4v) is 1.46. The Kier molecular flexibility index (Phi) is 4.85. The first-order valence-corrected chi connectivity index (χ1v) is 5.39. The predicted molar refractivity (Wildman–Crippen MR) is 60.5 cm³/mol. The third-order valence-corrected chi connectivity index (χ3v) is 2.31. The zero-order chi connectivity index (χ0) is 12.8. The Hall–Kier alpha value is -1.67. The van der Waals surface area contributed by atoms with Gasteiger partial charge in [0.1, 0.15) is 5.69 Å². The van der Waals surface area contributed by atoms with Gasteiger partial charge >= 0.3 is 0 Å². The quantitative estimate of drug-likeness (QED) is 0.831. The van der Waals surface area contributed by atoms with Gasteiger partial charge in [-0.15, -0.1) is 0 Å². The van der Waals surface area contributed by atoms with Crippen LogP contribution in [-0.4, -0.2) is 17.8 Å². The van der Waals surface area contributed by atoms with Crippen LogP contribution in [0.4, 0.5) is 14.5 Å². The molecule has 1 aromatic carbocycles. The number of rotatable bonds is 5. The van der Waals surface area contributed by atoms with Gasteiger partial charge in [-0.05, 0) is 18.6 Å². The Labute approximate surface area is 98.7 Å². The topological polar surface area (TPSA) is 56.0 Å². The van der Waals surface area contributed by atoms with Crippen LogP contribution in [0.25, 0.3) is 0 Å². The average molecular weight is 240 g/mol. The summed E-state index contributed by atoms with van der Waals surface area (Å²) in [6, 6.07) is 3.58. The lowest BCUT2D eigenvalue weighted by atomic mass is 10.2. The van der Waals surface area contributed by atoms with Crippen molar-refractivity contribution in [2.75, 3.05) is 11.9 Å². The largest absolute Gasteiger partial charge is 0.391 e. The molecule has 0 amide bonds. The van der Waals surface area contributed by atoms with E-state index in [1.54, 1.807) is 6.07 Å². The number of aliphatic hydroxyl groups excluding tert-OH is 1. The number of anilines is 1. The first kappa shape index (κ1) is 13.4. The lowest BCUT2D eigenvalue weighted by Crippen LogP contribution is -2.20. The van der Waals surface area contributed by atoms with Gasteiger partial charge in [0.25, 0.3) is 0 Å². The number of benzene rings is 1. The van der Waals surface area contributed by atoms with Crippen LogP contribution in [0, 0.1) is 23.0 Å². The summed E-state index contributed by atoms with van der Waals surface area (Å²) < 4.78 is 26.8. The summed E-state index contributed by atoms with van der Waals surface area (Å²) in [5.74, 6) is -1.66. The van der Waals surface area contributed by atoms with Gasteiger partial charge in [0.2, 0.25) is 0 Å². The maximum Gasteiger partial charge on any atom is 0.150 e. The third kappa shape index (κ3) is 3.68. The maximum absolute atomic E-state index is 13.4. The molecule has 0 fully saturated rings. The summed E-state index contributed by atoms with van der Waals surface area (Å²) in [7, 11) is 0. The van der Waals surface area contributed by atoms with Crippen molar-refractivity contribution in [2.45, 2.75) is 25.9 Å². The molecule has 3 nitrogen and oxygen atoms in total. The van der Waals surface area contributed by atoms with Gasteiger partial charge in [0.15, 0.2) is 11.6 Å². The number of hydrogen-bond donors (Lipinski definition) is 2. The van der Waals surface area contributed by atoms with E-state index in [1.807, 2.05) is 6.92 Å². The fourth-order valence-electron chi connectivity index (χ4n) is 1.46.